The Morgan fingerprint density at radius 1 is 1.11 bits per heavy atom. The molecular weight excluding hydrogens is 148 g/mol. The topological polar surface area (TPSA) is 122 Å². The van der Waals surface area contributed by atoms with Gasteiger partial charge >= 0.3 is 10.4 Å². The van der Waals surface area contributed by atoms with Gasteiger partial charge in [0.05, 0.1) is 0 Å². The predicted molar refractivity (Wildman–Crippen MR) is 25.4 cm³/mol. The summed E-state index contributed by atoms with van der Waals surface area (Å²) >= 11 is 0. The second-order valence-electron chi connectivity index (χ2n) is 0.671. The molecule has 7 heteroatoms. The predicted octanol–water partition coefficient (Wildman–Crippen LogP) is -0.619. The van der Waals surface area contributed by atoms with Crippen molar-refractivity contribution in [2.24, 2.45) is 0 Å². The van der Waals surface area contributed by atoms with Crippen LogP contribution < -0.4 is 0 Å². The van der Waals surface area contributed by atoms with Gasteiger partial charge in [-0.2, -0.15) is 18.9 Å². The average Bonchev–Trinajstić information content (AvgIpc) is 1.61. The first-order valence-corrected chi connectivity index (χ1v) is 2.79. The van der Waals surface area contributed by atoms with Crippen molar-refractivity contribution in [3.63, 3.8) is 0 Å². The summed E-state index contributed by atoms with van der Waals surface area (Å²) in [6.45, 7) is 0. The molecule has 6 nitrogen and oxygen atoms in total. The molecule has 0 radical (unpaired) electrons. The molecular formula is C2H2N2O4S. The van der Waals surface area contributed by atoms with E-state index < -0.39 is 10.4 Å². The molecule has 9 heavy (non-hydrogen) atoms. The van der Waals surface area contributed by atoms with Gasteiger partial charge in [-0.05, 0) is 0 Å². The van der Waals surface area contributed by atoms with Crippen molar-refractivity contribution in [3.05, 3.63) is 0 Å². The van der Waals surface area contributed by atoms with Gasteiger partial charge in [0.25, 0.3) is 0 Å². The second-order valence-corrected chi connectivity index (χ2v) is 1.57. The van der Waals surface area contributed by atoms with Gasteiger partial charge in [-0.25, -0.2) is 0 Å². The number of hydrogen-bond acceptors (Lipinski definition) is 4. The van der Waals surface area contributed by atoms with Crippen molar-refractivity contribution in [2.45, 2.75) is 0 Å². The molecule has 50 valence electrons. The maximum Gasteiger partial charge on any atom is 0.394 e. The maximum atomic E-state index is 8.74. The lowest BCUT2D eigenvalue weighted by molar-refractivity contribution is 0.381. The van der Waals surface area contributed by atoms with E-state index in [1.165, 1.54) is 12.1 Å². The Bertz CT molecular complexity index is 208. The summed E-state index contributed by atoms with van der Waals surface area (Å²) in [6, 6.07) is 2.47. The fourth-order valence-electron chi connectivity index (χ4n) is 0. The first kappa shape index (κ1) is 10.8. The van der Waals surface area contributed by atoms with Crippen LogP contribution in [-0.4, -0.2) is 17.5 Å². The Hall–Kier alpha value is -1.15. The van der Waals surface area contributed by atoms with Gasteiger partial charge in [-0.15, -0.1) is 0 Å². The van der Waals surface area contributed by atoms with E-state index in [-0.39, 0.29) is 0 Å². The van der Waals surface area contributed by atoms with Gasteiger partial charge < -0.3 is 0 Å². The minimum absolute atomic E-state index is 1.24. The fourth-order valence-corrected chi connectivity index (χ4v) is 0. The lowest BCUT2D eigenvalue weighted by Crippen LogP contribution is -1.89. The van der Waals surface area contributed by atoms with E-state index >= 15 is 0 Å². The van der Waals surface area contributed by atoms with E-state index in [2.05, 4.69) is 0 Å². The molecule has 0 bridgehead atoms. The lowest BCUT2D eigenvalue weighted by Gasteiger charge is -1.68. The zero-order chi connectivity index (χ0) is 7.91. The molecule has 0 fully saturated rings. The molecule has 0 spiro atoms. The molecule has 0 atom stereocenters. The summed E-state index contributed by atoms with van der Waals surface area (Å²) in [5.74, 6) is 0. The third-order valence-corrected chi connectivity index (χ3v) is 0.0500. The summed E-state index contributed by atoms with van der Waals surface area (Å²) in [6.07, 6.45) is 0. The molecule has 0 aliphatic heterocycles. The molecule has 2 N–H and O–H groups in total. The van der Waals surface area contributed by atoms with Gasteiger partial charge in [0.2, 0.25) is 0 Å². The van der Waals surface area contributed by atoms with E-state index in [1.54, 1.807) is 0 Å². The molecule has 0 aliphatic carbocycles. The van der Waals surface area contributed by atoms with Crippen LogP contribution >= 0.6 is 0 Å². The van der Waals surface area contributed by atoms with Gasteiger partial charge in [0.1, 0.15) is 0 Å². The van der Waals surface area contributed by atoms with E-state index in [0.717, 1.165) is 0 Å². The number of nitriles is 2. The smallest absolute Gasteiger partial charge is 0.264 e. The highest BCUT2D eigenvalue weighted by molar-refractivity contribution is 7.79. The normalized spacial score (nSPS) is 7.56. The van der Waals surface area contributed by atoms with Crippen LogP contribution in [-0.2, 0) is 10.4 Å². The maximum absolute atomic E-state index is 8.74. The number of hydrogen-bond donors (Lipinski definition) is 2. The molecule has 0 saturated carbocycles. The van der Waals surface area contributed by atoms with Crippen molar-refractivity contribution in [1.82, 2.24) is 0 Å². The molecule has 0 aromatic heterocycles. The average molecular weight is 150 g/mol. The van der Waals surface area contributed by atoms with Crippen LogP contribution in [0.5, 0.6) is 0 Å². The first-order chi connectivity index (χ1) is 3.91. The van der Waals surface area contributed by atoms with Crippen molar-refractivity contribution in [1.29, 1.82) is 10.5 Å². The summed E-state index contributed by atoms with van der Waals surface area (Å²) in [7, 11) is -4.67. The number of nitrogens with zero attached hydrogens (tertiary/aromatic N) is 2. The van der Waals surface area contributed by atoms with Crippen molar-refractivity contribution >= 4 is 10.4 Å². The molecule has 0 heterocycles. The molecule has 0 saturated heterocycles. The standard InChI is InChI=1S/C2N2.H2O4S/c3-1-2-4;1-5(2,3)4/h;(H2,1,2,3,4). The summed E-state index contributed by atoms with van der Waals surface area (Å²) in [5, 5.41) is 14.5. The van der Waals surface area contributed by atoms with E-state index in [1.807, 2.05) is 0 Å². The molecule has 0 aromatic rings. The van der Waals surface area contributed by atoms with Crippen molar-refractivity contribution in [2.75, 3.05) is 0 Å². The van der Waals surface area contributed by atoms with Crippen LogP contribution in [0.1, 0.15) is 0 Å². The summed E-state index contributed by atoms with van der Waals surface area (Å²) in [5.41, 5.74) is 0. The Morgan fingerprint density at radius 3 is 1.22 bits per heavy atom. The van der Waals surface area contributed by atoms with Crippen LogP contribution in [0.25, 0.3) is 0 Å². The third kappa shape index (κ3) is 7160. The zero-order valence-corrected chi connectivity index (χ0v) is 4.83. The Labute approximate surface area is 51.5 Å². The summed E-state index contributed by atoms with van der Waals surface area (Å²) < 4.78 is 31.6. The zero-order valence-electron chi connectivity index (χ0n) is 4.01. The Balaban J connectivity index is 0. The largest absolute Gasteiger partial charge is 0.394 e. The van der Waals surface area contributed by atoms with Crippen LogP contribution in [0.2, 0.25) is 0 Å². The first-order valence-electron chi connectivity index (χ1n) is 1.40. The van der Waals surface area contributed by atoms with Crippen LogP contribution in [0.4, 0.5) is 0 Å². The van der Waals surface area contributed by atoms with Crippen LogP contribution in [0, 0.1) is 22.7 Å². The van der Waals surface area contributed by atoms with Gasteiger partial charge in [-0.3, -0.25) is 9.11 Å². The van der Waals surface area contributed by atoms with E-state index in [4.69, 9.17) is 28.0 Å². The van der Waals surface area contributed by atoms with E-state index in [0.29, 0.717) is 0 Å². The SMILES string of the molecule is N#CC#N.O=S(=O)(O)O. The van der Waals surface area contributed by atoms with Gasteiger partial charge in [-0.1, -0.05) is 0 Å². The van der Waals surface area contributed by atoms with Gasteiger partial charge in [0.15, 0.2) is 12.1 Å². The highest BCUT2D eigenvalue weighted by atomic mass is 32.3. The van der Waals surface area contributed by atoms with Crippen LogP contribution in [0.15, 0.2) is 0 Å². The van der Waals surface area contributed by atoms with Crippen molar-refractivity contribution < 1.29 is 17.5 Å². The Kier molecular flexibility index (Phi) is 5.97. The Morgan fingerprint density at radius 2 is 1.22 bits per heavy atom. The minimum Gasteiger partial charge on any atom is -0.264 e. The molecule has 0 unspecified atom stereocenters. The second kappa shape index (κ2) is 5.00. The van der Waals surface area contributed by atoms with E-state index in [9.17, 15) is 0 Å². The minimum atomic E-state index is -4.67. The highest BCUT2D eigenvalue weighted by Gasteiger charge is 1.84. The quantitative estimate of drug-likeness (QED) is 0.443. The van der Waals surface area contributed by atoms with Crippen molar-refractivity contribution in [3.8, 4) is 12.1 Å². The van der Waals surface area contributed by atoms with Crippen LogP contribution in [0.3, 0.4) is 0 Å². The monoisotopic (exact) mass is 150 g/mol. The molecule has 0 aliphatic rings. The lowest BCUT2D eigenvalue weighted by atomic mass is 10.9. The number of rotatable bonds is 0. The summed E-state index contributed by atoms with van der Waals surface area (Å²) in [4.78, 5) is 0. The molecule has 0 aromatic carbocycles. The third-order valence-electron chi connectivity index (χ3n) is 0.0500. The molecule has 0 amide bonds. The highest BCUT2D eigenvalue weighted by Crippen LogP contribution is 1.59. The van der Waals surface area contributed by atoms with Gasteiger partial charge in [0, 0.05) is 0 Å². The molecule has 0 rings (SSSR count). The fraction of sp³-hybridized carbons (Fsp3) is 0.